The topological polar surface area (TPSA) is 95.9 Å². The van der Waals surface area contributed by atoms with Crippen LogP contribution in [0.25, 0.3) is 0 Å². The molecule has 0 rings (SSSR count). The van der Waals surface area contributed by atoms with E-state index in [9.17, 15) is 19.8 Å². The number of nitrogens with one attached hydrogen (secondary N) is 1. The molecule has 0 saturated carbocycles. The molecule has 6 heteroatoms. The van der Waals surface area contributed by atoms with Crippen molar-refractivity contribution in [3.8, 4) is 0 Å². The average molecular weight is 973 g/mol. The van der Waals surface area contributed by atoms with Gasteiger partial charge >= 0.3 is 5.97 Å². The number of amides is 1. The fourth-order valence-electron chi connectivity index (χ4n) is 9.69. The van der Waals surface area contributed by atoms with E-state index in [1.54, 1.807) is 6.08 Å². The molecule has 3 N–H and O–H groups in total. The number of aliphatic hydroxyl groups is 2. The molecule has 0 spiro atoms. The first-order valence-electron chi connectivity index (χ1n) is 31.1. The van der Waals surface area contributed by atoms with Crippen molar-refractivity contribution in [1.29, 1.82) is 0 Å². The van der Waals surface area contributed by atoms with Crippen LogP contribution >= 0.6 is 0 Å². The van der Waals surface area contributed by atoms with E-state index in [2.05, 4.69) is 31.3 Å². The van der Waals surface area contributed by atoms with E-state index < -0.39 is 12.1 Å². The third-order valence-corrected chi connectivity index (χ3v) is 14.5. The number of aliphatic hydroxyl groups excluding tert-OH is 2. The maximum atomic E-state index is 12.5. The zero-order valence-electron chi connectivity index (χ0n) is 46.6. The molecule has 2 unspecified atom stereocenters. The summed E-state index contributed by atoms with van der Waals surface area (Å²) in [5.41, 5.74) is 0. The smallest absolute Gasteiger partial charge is 0.305 e. The number of rotatable bonds is 58. The van der Waals surface area contributed by atoms with Crippen LogP contribution in [-0.4, -0.2) is 47.4 Å². The molecule has 1 amide bonds. The third kappa shape index (κ3) is 55.5. The molecule has 0 heterocycles. The van der Waals surface area contributed by atoms with Gasteiger partial charge in [-0.25, -0.2) is 0 Å². The summed E-state index contributed by atoms with van der Waals surface area (Å²) in [7, 11) is 0. The number of carbonyl (C=O) groups is 2. The predicted octanol–water partition coefficient (Wildman–Crippen LogP) is 19.4. The van der Waals surface area contributed by atoms with Gasteiger partial charge in [-0.15, -0.1) is 0 Å². The Morgan fingerprint density at radius 2 is 0.681 bits per heavy atom. The SMILES string of the molecule is CCCCCCCCCCCCCCC/C=C/C(O)C(CO)NC(=O)CCCCCCCCC/C=C\CCCCCCCCCCCOC(=O)CCCCCCCCCCCCCCCCCCC. The average Bonchev–Trinajstić information content (AvgIpc) is 3.35. The lowest BCUT2D eigenvalue weighted by Gasteiger charge is -2.20. The number of esters is 1. The summed E-state index contributed by atoms with van der Waals surface area (Å²) >= 11 is 0. The van der Waals surface area contributed by atoms with E-state index in [1.807, 2.05) is 6.08 Å². The summed E-state index contributed by atoms with van der Waals surface area (Å²) in [4.78, 5) is 24.5. The monoisotopic (exact) mass is 972 g/mol. The summed E-state index contributed by atoms with van der Waals surface area (Å²) in [6.45, 7) is 4.92. The van der Waals surface area contributed by atoms with Crippen LogP contribution in [0.4, 0.5) is 0 Å². The lowest BCUT2D eigenvalue weighted by molar-refractivity contribution is -0.143. The zero-order chi connectivity index (χ0) is 50.0. The Kier molecular flexibility index (Phi) is 57.5. The van der Waals surface area contributed by atoms with Gasteiger partial charge in [0.15, 0.2) is 0 Å². The van der Waals surface area contributed by atoms with Crippen LogP contribution in [-0.2, 0) is 14.3 Å². The standard InChI is InChI=1S/C63H121NO5/c1-3-5-7-9-11-13-15-17-19-24-29-33-37-41-45-49-53-57-63(68)69-58-54-50-46-42-38-34-30-26-23-21-20-22-25-28-32-36-40-44-48-52-56-62(67)64-60(59-65)61(66)55-51-47-43-39-35-31-27-18-16-14-12-10-8-6-4-2/h20,22,51,55,60-61,65-66H,3-19,21,23-50,52-54,56-59H2,1-2H3,(H,64,67)/b22-20-,55-51+. The van der Waals surface area contributed by atoms with Crippen molar-refractivity contribution in [1.82, 2.24) is 5.32 Å². The minimum absolute atomic E-state index is 0.00981. The molecule has 0 aliphatic heterocycles. The Morgan fingerprint density at radius 3 is 1.03 bits per heavy atom. The highest BCUT2D eigenvalue weighted by Crippen LogP contribution is 2.17. The molecule has 2 atom stereocenters. The van der Waals surface area contributed by atoms with Crippen LogP contribution in [0, 0.1) is 0 Å². The van der Waals surface area contributed by atoms with Crippen LogP contribution in [0.1, 0.15) is 341 Å². The Morgan fingerprint density at radius 1 is 0.391 bits per heavy atom. The van der Waals surface area contributed by atoms with Crippen molar-refractivity contribution in [2.24, 2.45) is 0 Å². The Bertz CT molecular complexity index is 1080. The molecule has 0 saturated heterocycles. The van der Waals surface area contributed by atoms with E-state index in [4.69, 9.17) is 4.74 Å². The van der Waals surface area contributed by atoms with Gasteiger partial charge in [0.05, 0.1) is 25.4 Å². The summed E-state index contributed by atoms with van der Waals surface area (Å²) in [6, 6.07) is -0.634. The Labute approximate surface area is 431 Å². The summed E-state index contributed by atoms with van der Waals surface area (Å²) in [5.74, 6) is -0.0652. The zero-order valence-corrected chi connectivity index (χ0v) is 46.6. The number of allylic oxidation sites excluding steroid dienone is 3. The molecule has 0 aromatic carbocycles. The second-order valence-electron chi connectivity index (χ2n) is 21.4. The van der Waals surface area contributed by atoms with Crippen molar-refractivity contribution in [3.05, 3.63) is 24.3 Å². The number of hydrogen-bond acceptors (Lipinski definition) is 5. The first-order chi connectivity index (χ1) is 34.0. The number of unbranched alkanes of at least 4 members (excludes halogenated alkanes) is 45. The van der Waals surface area contributed by atoms with E-state index in [-0.39, 0.29) is 18.5 Å². The second kappa shape index (κ2) is 58.9. The van der Waals surface area contributed by atoms with Crippen molar-refractivity contribution < 1.29 is 24.5 Å². The van der Waals surface area contributed by atoms with Crippen molar-refractivity contribution in [3.63, 3.8) is 0 Å². The summed E-state index contributed by atoms with van der Waals surface area (Å²) in [5, 5.41) is 23.1. The first-order valence-corrected chi connectivity index (χ1v) is 31.1. The maximum Gasteiger partial charge on any atom is 0.305 e. The van der Waals surface area contributed by atoms with Gasteiger partial charge in [-0.3, -0.25) is 9.59 Å². The van der Waals surface area contributed by atoms with E-state index in [0.29, 0.717) is 19.4 Å². The van der Waals surface area contributed by atoms with Crippen molar-refractivity contribution in [2.75, 3.05) is 13.2 Å². The quantitative estimate of drug-likeness (QED) is 0.0321. The van der Waals surface area contributed by atoms with Crippen LogP contribution in [0.15, 0.2) is 24.3 Å². The van der Waals surface area contributed by atoms with Crippen LogP contribution in [0.3, 0.4) is 0 Å². The molecule has 6 nitrogen and oxygen atoms in total. The number of hydrogen-bond donors (Lipinski definition) is 3. The highest BCUT2D eigenvalue weighted by molar-refractivity contribution is 5.76. The first kappa shape index (κ1) is 67.3. The van der Waals surface area contributed by atoms with Gasteiger partial charge in [0.2, 0.25) is 5.91 Å². The Hall–Kier alpha value is -1.66. The molecule has 408 valence electrons. The minimum atomic E-state index is -0.849. The fourth-order valence-corrected chi connectivity index (χ4v) is 9.69. The largest absolute Gasteiger partial charge is 0.466 e. The van der Waals surface area contributed by atoms with E-state index in [0.717, 1.165) is 44.9 Å². The highest BCUT2D eigenvalue weighted by Gasteiger charge is 2.18. The van der Waals surface area contributed by atoms with Gasteiger partial charge in [0.1, 0.15) is 0 Å². The molecule has 0 aromatic rings. The van der Waals surface area contributed by atoms with Crippen molar-refractivity contribution >= 4 is 11.9 Å². The summed E-state index contributed by atoms with van der Waals surface area (Å²) in [6.07, 6.45) is 72.1. The molecule has 0 aliphatic carbocycles. The number of carbonyl (C=O) groups excluding carboxylic acids is 2. The van der Waals surface area contributed by atoms with Crippen LogP contribution in [0.2, 0.25) is 0 Å². The second-order valence-corrected chi connectivity index (χ2v) is 21.4. The van der Waals surface area contributed by atoms with Crippen LogP contribution < -0.4 is 5.32 Å². The molecular weight excluding hydrogens is 851 g/mol. The van der Waals surface area contributed by atoms with Gasteiger partial charge in [0, 0.05) is 12.8 Å². The van der Waals surface area contributed by atoms with Gasteiger partial charge < -0.3 is 20.3 Å². The lowest BCUT2D eigenvalue weighted by Crippen LogP contribution is -2.45. The van der Waals surface area contributed by atoms with Gasteiger partial charge in [-0.1, -0.05) is 295 Å². The maximum absolute atomic E-state index is 12.5. The van der Waals surface area contributed by atoms with Gasteiger partial charge in [-0.05, 0) is 57.8 Å². The third-order valence-electron chi connectivity index (χ3n) is 14.5. The highest BCUT2D eigenvalue weighted by atomic mass is 16.5. The molecule has 69 heavy (non-hydrogen) atoms. The molecule has 0 aromatic heterocycles. The summed E-state index contributed by atoms with van der Waals surface area (Å²) < 4.78 is 5.49. The molecule has 0 radical (unpaired) electrons. The van der Waals surface area contributed by atoms with E-state index >= 15 is 0 Å². The Balaban J connectivity index is 3.43. The normalized spacial score (nSPS) is 12.7. The van der Waals surface area contributed by atoms with E-state index in [1.165, 1.54) is 270 Å². The molecule has 0 fully saturated rings. The molecule has 0 bridgehead atoms. The lowest BCUT2D eigenvalue weighted by atomic mass is 10.0. The van der Waals surface area contributed by atoms with Crippen LogP contribution in [0.5, 0.6) is 0 Å². The predicted molar refractivity (Wildman–Crippen MR) is 301 cm³/mol. The number of ether oxygens (including phenoxy) is 1. The molecule has 0 aliphatic rings. The minimum Gasteiger partial charge on any atom is -0.466 e. The molecular formula is C63H121NO5. The fraction of sp³-hybridized carbons (Fsp3) is 0.905. The van der Waals surface area contributed by atoms with Gasteiger partial charge in [0.25, 0.3) is 0 Å². The van der Waals surface area contributed by atoms with Crippen molar-refractivity contribution in [2.45, 2.75) is 353 Å². The van der Waals surface area contributed by atoms with Gasteiger partial charge in [-0.2, -0.15) is 0 Å².